The van der Waals surface area contributed by atoms with Gasteiger partial charge in [0.05, 0.1) is 12.3 Å². The van der Waals surface area contributed by atoms with E-state index in [1.165, 1.54) is 16.7 Å². The van der Waals surface area contributed by atoms with Crippen LogP contribution in [0.5, 0.6) is 0 Å². The van der Waals surface area contributed by atoms with Crippen molar-refractivity contribution in [1.29, 1.82) is 0 Å². The third-order valence-electron chi connectivity index (χ3n) is 2.99. The number of nitrogens with zero attached hydrogens (tertiary/aromatic N) is 1. The minimum Gasteiger partial charge on any atom is -0.399 e. The molecule has 0 heterocycles. The molecule has 0 bridgehead atoms. The fourth-order valence-electron chi connectivity index (χ4n) is 1.62. The highest BCUT2D eigenvalue weighted by molar-refractivity contribution is 8.00. The zero-order valence-corrected chi connectivity index (χ0v) is 12.3. The largest absolute Gasteiger partial charge is 0.399 e. The average molecular weight is 293 g/mol. The van der Waals surface area contributed by atoms with Gasteiger partial charge in [-0.05, 0) is 37.1 Å². The van der Waals surface area contributed by atoms with Gasteiger partial charge in [0, 0.05) is 23.7 Å². The van der Waals surface area contributed by atoms with Gasteiger partial charge in [0.1, 0.15) is 0 Å². The van der Waals surface area contributed by atoms with Crippen LogP contribution in [0.1, 0.15) is 12.8 Å². The number of nitrogens with one attached hydrogen (secondary N) is 1. The second-order valence-electron chi connectivity index (χ2n) is 4.95. The van der Waals surface area contributed by atoms with Crippen LogP contribution in [0.15, 0.2) is 29.2 Å². The number of nitrogen functional groups attached to an aromatic ring is 1. The lowest BCUT2D eigenvalue weighted by Gasteiger charge is -2.16. The van der Waals surface area contributed by atoms with E-state index in [-0.39, 0.29) is 18.4 Å². The van der Waals surface area contributed by atoms with Crippen LogP contribution in [0.25, 0.3) is 0 Å². The Hall–Kier alpha value is -1.69. The summed E-state index contributed by atoms with van der Waals surface area (Å²) in [5, 5.41) is 2.87. The molecule has 5 nitrogen and oxygen atoms in total. The lowest BCUT2D eigenvalue weighted by Crippen LogP contribution is -2.39. The summed E-state index contributed by atoms with van der Waals surface area (Å²) in [6.45, 7) is 0.123. The SMILES string of the molecule is CN(CC(=O)NC1CC1)C(=O)CSc1ccc(N)cc1. The van der Waals surface area contributed by atoms with Gasteiger partial charge in [-0.25, -0.2) is 0 Å². The molecule has 1 saturated carbocycles. The van der Waals surface area contributed by atoms with Crippen LogP contribution in [0, 0.1) is 0 Å². The van der Waals surface area contributed by atoms with E-state index < -0.39 is 0 Å². The quantitative estimate of drug-likeness (QED) is 0.608. The van der Waals surface area contributed by atoms with Gasteiger partial charge in [-0.1, -0.05) is 0 Å². The second kappa shape index (κ2) is 6.65. The lowest BCUT2D eigenvalue weighted by atomic mass is 10.3. The van der Waals surface area contributed by atoms with Crippen LogP contribution in [0.4, 0.5) is 5.69 Å². The van der Waals surface area contributed by atoms with Crippen LogP contribution in [0.2, 0.25) is 0 Å². The van der Waals surface area contributed by atoms with E-state index >= 15 is 0 Å². The molecule has 1 fully saturated rings. The minimum atomic E-state index is -0.0826. The van der Waals surface area contributed by atoms with E-state index in [1.807, 2.05) is 12.1 Å². The minimum absolute atomic E-state index is 0.0576. The number of likely N-dealkylation sites (N-methyl/N-ethyl adjacent to an activating group) is 1. The average Bonchev–Trinajstić information content (AvgIpc) is 3.21. The zero-order chi connectivity index (χ0) is 14.5. The summed E-state index contributed by atoms with van der Waals surface area (Å²) in [5.74, 6) is 0.176. The normalized spacial score (nSPS) is 13.8. The predicted octanol–water partition coefficient (Wildman–Crippen LogP) is 1.10. The number of carbonyl (C=O) groups is 2. The van der Waals surface area contributed by atoms with Crippen molar-refractivity contribution in [2.24, 2.45) is 0 Å². The summed E-state index contributed by atoms with van der Waals surface area (Å²) in [5.41, 5.74) is 6.30. The summed E-state index contributed by atoms with van der Waals surface area (Å²) in [4.78, 5) is 26.0. The maximum absolute atomic E-state index is 11.9. The molecule has 0 atom stereocenters. The molecule has 0 unspecified atom stereocenters. The van der Waals surface area contributed by atoms with Crippen molar-refractivity contribution >= 4 is 29.3 Å². The molecule has 1 aromatic rings. The Balaban J connectivity index is 1.72. The molecule has 20 heavy (non-hydrogen) atoms. The monoisotopic (exact) mass is 293 g/mol. The first-order valence-electron chi connectivity index (χ1n) is 6.56. The molecule has 108 valence electrons. The van der Waals surface area contributed by atoms with Crippen LogP contribution >= 0.6 is 11.8 Å². The molecule has 0 radical (unpaired) electrons. The van der Waals surface area contributed by atoms with Gasteiger partial charge < -0.3 is 16.0 Å². The highest BCUT2D eigenvalue weighted by Crippen LogP contribution is 2.20. The number of carbonyl (C=O) groups excluding carboxylic acids is 2. The molecule has 0 spiro atoms. The smallest absolute Gasteiger partial charge is 0.239 e. The van der Waals surface area contributed by atoms with Gasteiger partial charge >= 0.3 is 0 Å². The van der Waals surface area contributed by atoms with Crippen molar-refractivity contribution in [2.45, 2.75) is 23.8 Å². The van der Waals surface area contributed by atoms with Crippen LogP contribution < -0.4 is 11.1 Å². The van der Waals surface area contributed by atoms with E-state index in [9.17, 15) is 9.59 Å². The third kappa shape index (κ3) is 4.77. The standard InChI is InChI=1S/C14H19N3O2S/c1-17(8-13(18)16-11-4-5-11)14(19)9-20-12-6-2-10(15)3-7-12/h2-3,6-7,11H,4-5,8-9,15H2,1H3,(H,16,18). The summed E-state index contributed by atoms with van der Waals surface area (Å²) in [7, 11) is 1.65. The molecule has 0 saturated heterocycles. The summed E-state index contributed by atoms with van der Waals surface area (Å²) in [6, 6.07) is 7.70. The fraction of sp³-hybridized carbons (Fsp3) is 0.429. The Morgan fingerprint density at radius 1 is 1.35 bits per heavy atom. The Morgan fingerprint density at radius 3 is 2.60 bits per heavy atom. The lowest BCUT2D eigenvalue weighted by molar-refractivity contribution is -0.132. The zero-order valence-electron chi connectivity index (χ0n) is 11.5. The Morgan fingerprint density at radius 2 is 2.00 bits per heavy atom. The molecule has 2 amide bonds. The number of hydrogen-bond donors (Lipinski definition) is 2. The summed E-state index contributed by atoms with van der Waals surface area (Å²) >= 11 is 1.44. The van der Waals surface area contributed by atoms with E-state index in [0.717, 1.165) is 17.7 Å². The first-order valence-corrected chi connectivity index (χ1v) is 7.55. The third-order valence-corrected chi connectivity index (χ3v) is 3.99. The van der Waals surface area contributed by atoms with Crippen LogP contribution in [-0.2, 0) is 9.59 Å². The highest BCUT2D eigenvalue weighted by atomic mass is 32.2. The van der Waals surface area contributed by atoms with Gasteiger partial charge in [0.25, 0.3) is 0 Å². The fourth-order valence-corrected chi connectivity index (χ4v) is 2.46. The first kappa shape index (κ1) is 14.7. The molecule has 2 rings (SSSR count). The van der Waals surface area contributed by atoms with Crippen molar-refractivity contribution in [2.75, 3.05) is 25.1 Å². The van der Waals surface area contributed by atoms with E-state index in [2.05, 4.69) is 5.32 Å². The Bertz CT molecular complexity index is 486. The summed E-state index contributed by atoms with van der Waals surface area (Å²) < 4.78 is 0. The Labute approximate surface area is 122 Å². The molecular formula is C14H19N3O2S. The number of amides is 2. The molecule has 6 heteroatoms. The number of thioether (sulfide) groups is 1. The molecular weight excluding hydrogens is 274 g/mol. The molecule has 1 aliphatic carbocycles. The Kier molecular flexibility index (Phi) is 4.89. The topological polar surface area (TPSA) is 75.4 Å². The van der Waals surface area contributed by atoms with Crippen LogP contribution in [0.3, 0.4) is 0 Å². The number of rotatable bonds is 6. The highest BCUT2D eigenvalue weighted by Gasteiger charge is 2.24. The molecule has 0 aliphatic heterocycles. The van der Waals surface area contributed by atoms with Crippen molar-refractivity contribution in [3.63, 3.8) is 0 Å². The maximum Gasteiger partial charge on any atom is 0.239 e. The van der Waals surface area contributed by atoms with Gasteiger partial charge in [0.15, 0.2) is 0 Å². The van der Waals surface area contributed by atoms with Gasteiger partial charge in [-0.2, -0.15) is 0 Å². The number of benzene rings is 1. The molecule has 3 N–H and O–H groups in total. The van der Waals surface area contributed by atoms with Crippen molar-refractivity contribution in [1.82, 2.24) is 10.2 Å². The van der Waals surface area contributed by atoms with Crippen molar-refractivity contribution in [3.8, 4) is 0 Å². The van der Waals surface area contributed by atoms with Crippen molar-refractivity contribution < 1.29 is 9.59 Å². The van der Waals surface area contributed by atoms with Gasteiger partial charge in [0.2, 0.25) is 11.8 Å². The second-order valence-corrected chi connectivity index (χ2v) is 6.00. The van der Waals surface area contributed by atoms with E-state index in [1.54, 1.807) is 19.2 Å². The van der Waals surface area contributed by atoms with Gasteiger partial charge in [-0.3, -0.25) is 9.59 Å². The predicted molar refractivity (Wildman–Crippen MR) is 80.4 cm³/mol. The van der Waals surface area contributed by atoms with Gasteiger partial charge in [-0.15, -0.1) is 11.8 Å². The van der Waals surface area contributed by atoms with E-state index in [0.29, 0.717) is 17.5 Å². The molecule has 1 aromatic carbocycles. The molecule has 0 aromatic heterocycles. The number of nitrogens with two attached hydrogens (primary N) is 1. The molecule has 1 aliphatic rings. The summed E-state index contributed by atoms with van der Waals surface area (Å²) in [6.07, 6.45) is 2.10. The number of hydrogen-bond acceptors (Lipinski definition) is 4. The maximum atomic E-state index is 11.9. The number of anilines is 1. The van der Waals surface area contributed by atoms with Crippen LogP contribution in [-0.4, -0.2) is 42.1 Å². The van der Waals surface area contributed by atoms with Crippen molar-refractivity contribution in [3.05, 3.63) is 24.3 Å². The first-order chi connectivity index (χ1) is 9.54. The van der Waals surface area contributed by atoms with E-state index in [4.69, 9.17) is 5.73 Å².